The van der Waals surface area contributed by atoms with Crippen molar-refractivity contribution >= 4 is 28.3 Å². The fourth-order valence-electron chi connectivity index (χ4n) is 1.45. The van der Waals surface area contributed by atoms with Crippen molar-refractivity contribution in [1.29, 1.82) is 0 Å². The summed E-state index contributed by atoms with van der Waals surface area (Å²) in [6, 6.07) is 0. The number of nitrogens with two attached hydrogens (primary N) is 1. The molecule has 8 heteroatoms. The van der Waals surface area contributed by atoms with E-state index in [0.29, 0.717) is 23.6 Å². The van der Waals surface area contributed by atoms with Crippen LogP contribution in [-0.4, -0.2) is 48.3 Å². The Morgan fingerprint density at radius 2 is 2.32 bits per heavy atom. The second-order valence-corrected chi connectivity index (χ2v) is 5.22. The molecule has 0 saturated carbocycles. The van der Waals surface area contributed by atoms with Gasteiger partial charge in [0.1, 0.15) is 10.6 Å². The minimum Gasteiger partial charge on any atom is -0.388 e. The van der Waals surface area contributed by atoms with Crippen molar-refractivity contribution in [3.8, 4) is 0 Å². The molecule has 1 aromatic heterocycles. The van der Waals surface area contributed by atoms with Gasteiger partial charge < -0.3 is 26.2 Å². The Hall–Kier alpha value is -1.38. The first-order chi connectivity index (χ1) is 8.91. The van der Waals surface area contributed by atoms with Crippen LogP contribution in [0.15, 0.2) is 0 Å². The maximum atomic E-state index is 11.7. The summed E-state index contributed by atoms with van der Waals surface area (Å²) in [5.41, 5.74) is 5.03. The van der Waals surface area contributed by atoms with E-state index in [2.05, 4.69) is 15.0 Å². The predicted octanol–water partition coefficient (Wildman–Crippen LogP) is 0.284. The third kappa shape index (κ3) is 4.34. The maximum absolute atomic E-state index is 11.7. The quantitative estimate of drug-likeness (QED) is 0.574. The Morgan fingerprint density at radius 1 is 1.63 bits per heavy atom. The summed E-state index contributed by atoms with van der Waals surface area (Å²) in [6.45, 7) is 2.44. The number of nitrogens with one attached hydrogen (secondary N) is 2. The third-order valence-electron chi connectivity index (χ3n) is 2.65. The number of carbonyl (C=O) groups is 1. The lowest BCUT2D eigenvalue weighted by atomic mass is 10.0. The van der Waals surface area contributed by atoms with E-state index in [1.54, 1.807) is 14.0 Å². The standard InChI is InChI=1S/C11H20N4O3S/c1-11(17,4-5-18-3)6-14-10-7(9(16)13-2)8(12)15-19-10/h14,17H,4-6H2,1-3H3,(H2,12,15)(H,13,16). The summed E-state index contributed by atoms with van der Waals surface area (Å²) < 4.78 is 8.87. The van der Waals surface area contributed by atoms with Crippen LogP contribution in [0.25, 0.3) is 0 Å². The normalized spacial score (nSPS) is 13.9. The molecule has 1 atom stereocenters. The number of aromatic nitrogens is 1. The van der Waals surface area contributed by atoms with E-state index in [1.165, 1.54) is 7.05 Å². The summed E-state index contributed by atoms with van der Waals surface area (Å²) in [5, 5.41) is 16.2. The lowest BCUT2D eigenvalue weighted by molar-refractivity contribution is 0.0358. The topological polar surface area (TPSA) is 110 Å². The maximum Gasteiger partial charge on any atom is 0.257 e. The lowest BCUT2D eigenvalue weighted by Gasteiger charge is -2.23. The molecule has 5 N–H and O–H groups in total. The highest BCUT2D eigenvalue weighted by molar-refractivity contribution is 7.11. The first-order valence-electron chi connectivity index (χ1n) is 5.83. The number of nitrogen functional groups attached to an aromatic ring is 1. The van der Waals surface area contributed by atoms with Crippen molar-refractivity contribution in [2.75, 3.05) is 38.4 Å². The van der Waals surface area contributed by atoms with Crippen molar-refractivity contribution in [3.05, 3.63) is 5.56 Å². The highest BCUT2D eigenvalue weighted by Gasteiger charge is 2.23. The molecule has 108 valence electrons. The fraction of sp³-hybridized carbons (Fsp3) is 0.636. The van der Waals surface area contributed by atoms with Crippen LogP contribution in [0.1, 0.15) is 23.7 Å². The summed E-state index contributed by atoms with van der Waals surface area (Å²) in [4.78, 5) is 11.7. The van der Waals surface area contributed by atoms with Gasteiger partial charge in [0.05, 0.1) is 5.60 Å². The van der Waals surface area contributed by atoms with E-state index in [4.69, 9.17) is 10.5 Å². The van der Waals surface area contributed by atoms with Gasteiger partial charge in [-0.1, -0.05) is 0 Å². The minimum atomic E-state index is -0.936. The SMILES string of the molecule is CNC(=O)c1c(N)nsc1NCC(C)(O)CCOC. The summed E-state index contributed by atoms with van der Waals surface area (Å²) in [5.74, 6) is -0.117. The number of anilines is 2. The first kappa shape index (κ1) is 15.7. The Kier molecular flexibility index (Phi) is 5.52. The average Bonchev–Trinajstić information content (AvgIpc) is 2.74. The van der Waals surface area contributed by atoms with E-state index >= 15 is 0 Å². The molecular weight excluding hydrogens is 268 g/mol. The van der Waals surface area contributed by atoms with Crippen LogP contribution in [0.5, 0.6) is 0 Å². The van der Waals surface area contributed by atoms with E-state index < -0.39 is 5.60 Å². The number of rotatable bonds is 7. The second kappa shape index (κ2) is 6.69. The summed E-state index contributed by atoms with van der Waals surface area (Å²) >= 11 is 1.10. The Labute approximate surface area is 116 Å². The minimum absolute atomic E-state index is 0.184. The van der Waals surface area contributed by atoms with Gasteiger partial charge in [-0.25, -0.2) is 0 Å². The van der Waals surface area contributed by atoms with Gasteiger partial charge in [0.2, 0.25) is 0 Å². The number of hydrogen-bond donors (Lipinski definition) is 4. The molecule has 1 unspecified atom stereocenters. The molecule has 0 fully saturated rings. The number of ether oxygens (including phenoxy) is 1. The Balaban J connectivity index is 2.70. The number of nitrogens with zero attached hydrogens (tertiary/aromatic N) is 1. The Morgan fingerprint density at radius 3 is 2.89 bits per heavy atom. The van der Waals surface area contributed by atoms with Crippen molar-refractivity contribution in [3.63, 3.8) is 0 Å². The van der Waals surface area contributed by atoms with Crippen LogP contribution < -0.4 is 16.4 Å². The van der Waals surface area contributed by atoms with Gasteiger partial charge in [-0.3, -0.25) is 4.79 Å². The van der Waals surface area contributed by atoms with Crippen LogP contribution in [0.2, 0.25) is 0 Å². The molecular formula is C11H20N4O3S. The van der Waals surface area contributed by atoms with Gasteiger partial charge >= 0.3 is 0 Å². The second-order valence-electron chi connectivity index (χ2n) is 4.44. The van der Waals surface area contributed by atoms with E-state index in [9.17, 15) is 9.90 Å². The monoisotopic (exact) mass is 288 g/mol. The van der Waals surface area contributed by atoms with Gasteiger partial charge in [0.25, 0.3) is 5.91 Å². The first-order valence-corrected chi connectivity index (χ1v) is 6.61. The molecule has 0 aliphatic heterocycles. The van der Waals surface area contributed by atoms with Crippen LogP contribution in [-0.2, 0) is 4.74 Å². The zero-order chi connectivity index (χ0) is 14.5. The summed E-state index contributed by atoms with van der Waals surface area (Å²) in [7, 11) is 3.11. The smallest absolute Gasteiger partial charge is 0.257 e. The molecule has 1 rings (SSSR count). The van der Waals surface area contributed by atoms with Crippen molar-refractivity contribution < 1.29 is 14.6 Å². The van der Waals surface area contributed by atoms with Gasteiger partial charge in [-0.2, -0.15) is 4.37 Å². The highest BCUT2D eigenvalue weighted by atomic mass is 32.1. The largest absolute Gasteiger partial charge is 0.388 e. The zero-order valence-corrected chi connectivity index (χ0v) is 12.1. The van der Waals surface area contributed by atoms with E-state index in [1.807, 2.05) is 0 Å². The van der Waals surface area contributed by atoms with Crippen LogP contribution >= 0.6 is 11.5 Å². The molecule has 0 aliphatic carbocycles. The molecule has 1 heterocycles. The predicted molar refractivity (Wildman–Crippen MR) is 75.5 cm³/mol. The number of hydrogen-bond acceptors (Lipinski definition) is 7. The van der Waals surface area contributed by atoms with E-state index in [0.717, 1.165) is 11.5 Å². The van der Waals surface area contributed by atoms with Crippen LogP contribution in [0.4, 0.5) is 10.8 Å². The average molecular weight is 288 g/mol. The third-order valence-corrected chi connectivity index (χ3v) is 3.47. The highest BCUT2D eigenvalue weighted by Crippen LogP contribution is 2.27. The molecule has 0 bridgehead atoms. The molecule has 0 aromatic carbocycles. The molecule has 0 radical (unpaired) electrons. The summed E-state index contributed by atoms with van der Waals surface area (Å²) in [6.07, 6.45) is 0.486. The fourth-order valence-corrected chi connectivity index (χ4v) is 2.15. The molecule has 19 heavy (non-hydrogen) atoms. The lowest BCUT2D eigenvalue weighted by Crippen LogP contribution is -2.35. The van der Waals surface area contributed by atoms with E-state index in [-0.39, 0.29) is 18.3 Å². The molecule has 0 aliphatic rings. The van der Waals surface area contributed by atoms with Gasteiger partial charge in [-0.05, 0) is 18.5 Å². The van der Waals surface area contributed by atoms with Crippen molar-refractivity contribution in [2.45, 2.75) is 18.9 Å². The molecule has 0 saturated heterocycles. The van der Waals surface area contributed by atoms with Gasteiger partial charge in [-0.15, -0.1) is 0 Å². The molecule has 1 amide bonds. The van der Waals surface area contributed by atoms with Crippen LogP contribution in [0.3, 0.4) is 0 Å². The number of aliphatic hydroxyl groups is 1. The molecule has 0 spiro atoms. The number of methoxy groups -OCH3 is 1. The van der Waals surface area contributed by atoms with Gasteiger partial charge in [0, 0.05) is 33.7 Å². The molecule has 7 nitrogen and oxygen atoms in total. The number of amides is 1. The van der Waals surface area contributed by atoms with Crippen molar-refractivity contribution in [1.82, 2.24) is 9.69 Å². The molecule has 1 aromatic rings. The number of carbonyl (C=O) groups excluding carboxylic acids is 1. The Bertz CT molecular complexity index is 434. The van der Waals surface area contributed by atoms with Gasteiger partial charge in [0.15, 0.2) is 5.82 Å². The van der Waals surface area contributed by atoms with Crippen LogP contribution in [0, 0.1) is 0 Å². The van der Waals surface area contributed by atoms with Crippen molar-refractivity contribution in [2.24, 2.45) is 0 Å². The zero-order valence-electron chi connectivity index (χ0n) is 11.3.